The third-order valence-electron chi connectivity index (χ3n) is 4.78. The van der Waals surface area contributed by atoms with Crippen molar-refractivity contribution >= 4 is 40.9 Å². The number of esters is 1. The molecule has 2 N–H and O–H groups in total. The van der Waals surface area contributed by atoms with Gasteiger partial charge in [0.15, 0.2) is 11.0 Å². The minimum Gasteiger partial charge on any atom is -0.456 e. The molecule has 0 saturated heterocycles. The molecule has 1 aliphatic carbocycles. The lowest BCUT2D eigenvalue weighted by Crippen LogP contribution is -2.48. The van der Waals surface area contributed by atoms with Crippen molar-refractivity contribution in [3.05, 3.63) is 40.2 Å². The van der Waals surface area contributed by atoms with Gasteiger partial charge in [-0.15, -0.1) is 10.2 Å². The lowest BCUT2D eigenvalue weighted by molar-refractivity contribution is -0.134. The molecular weight excluding hydrogens is 428 g/mol. The maximum absolute atomic E-state index is 12.8. The topological polar surface area (TPSA) is 139 Å². The highest BCUT2D eigenvalue weighted by atomic mass is 35.5. The van der Waals surface area contributed by atoms with E-state index in [1.54, 1.807) is 20.8 Å². The molecule has 1 aliphatic heterocycles. The molecule has 0 spiro atoms. The number of carbonyl (C=O) groups is 4. The monoisotopic (exact) mass is 448 g/mol. The second kappa shape index (κ2) is 7.86. The number of carbonyl (C=O) groups excluding carboxylic acids is 4. The molecule has 2 heterocycles. The zero-order valence-corrected chi connectivity index (χ0v) is 18.1. The molecule has 11 heteroatoms. The number of ketones is 2. The number of aromatic nitrogens is 2. The molecule has 1 aromatic rings. The first kappa shape index (κ1) is 22.6. The summed E-state index contributed by atoms with van der Waals surface area (Å²) in [6.45, 7) is 4.06. The molecule has 0 aromatic carbocycles. The number of nitrogens with one attached hydrogen (secondary N) is 1. The normalized spacial score (nSPS) is 20.6. The number of halogens is 1. The van der Waals surface area contributed by atoms with Crippen LogP contribution in [0.25, 0.3) is 0 Å². The number of amides is 1. The Labute approximate surface area is 182 Å². The number of aliphatic hydroxyl groups is 1. The van der Waals surface area contributed by atoms with Crippen LogP contribution in [0.15, 0.2) is 29.5 Å². The fourth-order valence-electron chi connectivity index (χ4n) is 3.46. The average Bonchev–Trinajstić information content (AvgIpc) is 2.95. The van der Waals surface area contributed by atoms with Crippen molar-refractivity contribution in [2.75, 3.05) is 25.1 Å². The Bertz CT molecular complexity index is 1060. The predicted molar refractivity (Wildman–Crippen MR) is 109 cm³/mol. The van der Waals surface area contributed by atoms with E-state index in [0.717, 1.165) is 6.08 Å². The molecule has 0 radical (unpaired) electrons. The van der Waals surface area contributed by atoms with E-state index < -0.39 is 41.1 Å². The van der Waals surface area contributed by atoms with Gasteiger partial charge >= 0.3 is 5.97 Å². The van der Waals surface area contributed by atoms with Gasteiger partial charge in [0.25, 0.3) is 0 Å². The molecule has 0 fully saturated rings. The summed E-state index contributed by atoms with van der Waals surface area (Å²) in [4.78, 5) is 51.3. The number of hydrogen-bond acceptors (Lipinski definition) is 9. The van der Waals surface area contributed by atoms with E-state index in [4.69, 9.17) is 16.3 Å². The van der Waals surface area contributed by atoms with Crippen LogP contribution in [0.3, 0.4) is 0 Å². The third kappa shape index (κ3) is 4.08. The molecule has 2 aliphatic rings. The van der Waals surface area contributed by atoms with Gasteiger partial charge in [-0.3, -0.25) is 14.4 Å². The summed E-state index contributed by atoms with van der Waals surface area (Å²) in [7, 11) is 1.50. The largest absolute Gasteiger partial charge is 0.456 e. The van der Waals surface area contributed by atoms with Gasteiger partial charge in [0.2, 0.25) is 17.5 Å². The highest BCUT2D eigenvalue weighted by molar-refractivity contribution is 6.49. The van der Waals surface area contributed by atoms with Crippen LogP contribution in [0, 0.1) is 5.41 Å². The standard InChI is InChI=1S/C20H21ClN4O6/c1-19(2,3)31-17(29)10-7-13(21)23-24-16(10)25(4)8-20(9-26)14-11(22-18(20)30)5-6-12(27)15(14)28/h5-7,26H,8-9H2,1-4H3,(H,22,30). The lowest BCUT2D eigenvalue weighted by Gasteiger charge is -2.32. The van der Waals surface area contributed by atoms with E-state index in [9.17, 15) is 24.3 Å². The molecule has 1 unspecified atom stereocenters. The number of aliphatic hydroxyl groups excluding tert-OH is 1. The van der Waals surface area contributed by atoms with Crippen molar-refractivity contribution in [2.24, 2.45) is 5.41 Å². The van der Waals surface area contributed by atoms with Gasteiger partial charge in [-0.25, -0.2) is 4.79 Å². The summed E-state index contributed by atoms with van der Waals surface area (Å²) in [5.41, 5.74) is -2.51. The van der Waals surface area contributed by atoms with E-state index in [-0.39, 0.29) is 34.3 Å². The van der Waals surface area contributed by atoms with Crippen molar-refractivity contribution < 1.29 is 29.0 Å². The SMILES string of the molecule is CN(CC1(CO)C(=O)NC2=C1C(=O)C(=O)C=C2)c1nnc(Cl)cc1C(=O)OC(C)(C)C. The van der Waals surface area contributed by atoms with Crippen LogP contribution in [-0.2, 0) is 19.1 Å². The molecule has 31 heavy (non-hydrogen) atoms. The number of Topliss-reactive ketones (excluding diaryl/α,β-unsaturated/α-hetero) is 1. The maximum Gasteiger partial charge on any atom is 0.342 e. The molecule has 1 atom stereocenters. The van der Waals surface area contributed by atoms with Gasteiger partial charge < -0.3 is 20.1 Å². The van der Waals surface area contributed by atoms with Crippen LogP contribution in [0.4, 0.5) is 5.82 Å². The molecule has 10 nitrogen and oxygen atoms in total. The molecule has 0 saturated carbocycles. The van der Waals surface area contributed by atoms with Crippen LogP contribution in [0.1, 0.15) is 31.1 Å². The molecule has 0 bridgehead atoms. The van der Waals surface area contributed by atoms with Crippen molar-refractivity contribution in [2.45, 2.75) is 26.4 Å². The quantitative estimate of drug-likeness (QED) is 0.376. The molecule has 3 rings (SSSR count). The zero-order valence-electron chi connectivity index (χ0n) is 17.4. The smallest absolute Gasteiger partial charge is 0.342 e. The fraction of sp³-hybridized carbons (Fsp3) is 0.400. The van der Waals surface area contributed by atoms with Gasteiger partial charge in [-0.05, 0) is 39.0 Å². The van der Waals surface area contributed by atoms with Crippen LogP contribution in [-0.4, -0.2) is 64.5 Å². The summed E-state index contributed by atoms with van der Waals surface area (Å²) < 4.78 is 5.39. The van der Waals surface area contributed by atoms with E-state index in [0.29, 0.717) is 0 Å². The van der Waals surface area contributed by atoms with Crippen LogP contribution in [0.2, 0.25) is 5.15 Å². The summed E-state index contributed by atoms with van der Waals surface area (Å²) in [5.74, 6) is -3.02. The van der Waals surface area contributed by atoms with Gasteiger partial charge in [0.1, 0.15) is 16.6 Å². The Morgan fingerprint density at radius 1 is 1.26 bits per heavy atom. The number of hydrogen-bond donors (Lipinski definition) is 2. The van der Waals surface area contributed by atoms with E-state index in [2.05, 4.69) is 15.5 Å². The minimum atomic E-state index is -1.74. The first-order valence-corrected chi connectivity index (χ1v) is 9.69. The second-order valence-electron chi connectivity index (χ2n) is 8.27. The van der Waals surface area contributed by atoms with Crippen LogP contribution >= 0.6 is 11.6 Å². The lowest BCUT2D eigenvalue weighted by atomic mass is 9.76. The molecular formula is C20H21ClN4O6. The maximum atomic E-state index is 12.8. The number of nitrogens with zero attached hydrogens (tertiary/aromatic N) is 3. The molecule has 164 valence electrons. The summed E-state index contributed by atoms with van der Waals surface area (Å²) in [5, 5.41) is 20.3. The predicted octanol–water partition coefficient (Wildman–Crippen LogP) is 0.592. The third-order valence-corrected chi connectivity index (χ3v) is 4.97. The average molecular weight is 449 g/mol. The van der Waals surface area contributed by atoms with Gasteiger partial charge in [-0.1, -0.05) is 11.6 Å². The van der Waals surface area contributed by atoms with Crippen LogP contribution < -0.4 is 10.2 Å². The van der Waals surface area contributed by atoms with Gasteiger partial charge in [0.05, 0.1) is 6.61 Å². The van der Waals surface area contributed by atoms with Crippen molar-refractivity contribution in [1.82, 2.24) is 15.5 Å². The van der Waals surface area contributed by atoms with E-state index in [1.807, 2.05) is 0 Å². The summed E-state index contributed by atoms with van der Waals surface area (Å²) in [6.07, 6.45) is 2.38. The Morgan fingerprint density at radius 3 is 2.55 bits per heavy atom. The Balaban J connectivity index is 2.02. The number of anilines is 1. The Morgan fingerprint density at radius 2 is 1.94 bits per heavy atom. The van der Waals surface area contributed by atoms with Crippen molar-refractivity contribution in [1.29, 1.82) is 0 Å². The highest BCUT2D eigenvalue weighted by Gasteiger charge is 2.53. The van der Waals surface area contributed by atoms with Crippen molar-refractivity contribution in [3.63, 3.8) is 0 Å². The first-order chi connectivity index (χ1) is 14.4. The number of ether oxygens (including phenoxy) is 1. The number of allylic oxidation sites excluding steroid dienone is 2. The summed E-state index contributed by atoms with van der Waals surface area (Å²) >= 11 is 5.91. The van der Waals surface area contributed by atoms with Gasteiger partial charge in [-0.2, -0.15) is 0 Å². The Kier molecular flexibility index (Phi) is 5.72. The molecule has 1 amide bonds. The fourth-order valence-corrected chi connectivity index (χ4v) is 3.60. The van der Waals surface area contributed by atoms with E-state index >= 15 is 0 Å². The van der Waals surface area contributed by atoms with Crippen molar-refractivity contribution in [3.8, 4) is 0 Å². The minimum absolute atomic E-state index is 0.0101. The highest BCUT2D eigenvalue weighted by Crippen LogP contribution is 2.39. The zero-order chi connectivity index (χ0) is 23.1. The Hall–Kier alpha value is -3.11. The summed E-state index contributed by atoms with van der Waals surface area (Å²) in [6, 6.07) is 1.28. The molecule has 1 aromatic heterocycles. The second-order valence-corrected chi connectivity index (χ2v) is 8.66. The first-order valence-electron chi connectivity index (χ1n) is 9.31. The van der Waals surface area contributed by atoms with E-state index in [1.165, 1.54) is 24.1 Å². The van der Waals surface area contributed by atoms with Crippen LogP contribution in [0.5, 0.6) is 0 Å². The number of rotatable bonds is 5. The van der Waals surface area contributed by atoms with Gasteiger partial charge in [0, 0.05) is 24.9 Å².